The third kappa shape index (κ3) is 10.6. The number of hydrogen-bond donors (Lipinski definition) is 4. The van der Waals surface area contributed by atoms with Gasteiger partial charge >= 0.3 is 14.1 Å². The Morgan fingerprint density at radius 3 is 1.75 bits per heavy atom. The number of aromatic nitrogens is 6. The minimum absolute atomic E-state index is 0.328. The molecule has 2 aliphatic rings. The van der Waals surface area contributed by atoms with Crippen molar-refractivity contribution in [3.63, 3.8) is 0 Å². The SMILES string of the molecule is Brc1cc(I)c2nccn2c1.CB(O)N1CCC(c2ccc(N)nc2)CC1.CB(O)N1CCC(c2ccc(Nc3cc(Br)cn4ccnc34)nc2)CC1. The van der Waals surface area contributed by atoms with Crippen molar-refractivity contribution in [2.45, 2.75) is 51.2 Å². The first-order valence-corrected chi connectivity index (χ1v) is 20.4. The van der Waals surface area contributed by atoms with E-state index in [2.05, 4.69) is 101 Å². The molecule has 8 rings (SSSR count). The van der Waals surface area contributed by atoms with Gasteiger partial charge in [-0.25, -0.2) is 19.9 Å². The first-order chi connectivity index (χ1) is 25.5. The minimum atomic E-state index is -0.356. The van der Waals surface area contributed by atoms with Crippen molar-refractivity contribution < 1.29 is 10.0 Å². The predicted octanol–water partition coefficient (Wildman–Crippen LogP) is 7.18. The van der Waals surface area contributed by atoms with Crippen LogP contribution < -0.4 is 11.1 Å². The monoisotopic (exact) mass is 954 g/mol. The van der Waals surface area contributed by atoms with Crippen LogP contribution in [0.15, 0.2) is 94.9 Å². The Hall–Kier alpha value is -3.06. The second kappa shape index (κ2) is 18.5. The number of anilines is 3. The molecule has 2 aliphatic heterocycles. The Morgan fingerprint density at radius 2 is 1.25 bits per heavy atom. The normalized spacial score (nSPS) is 15.8. The van der Waals surface area contributed by atoms with Crippen molar-refractivity contribution >= 4 is 97.2 Å². The van der Waals surface area contributed by atoms with Crippen LogP contribution in [0.1, 0.15) is 48.6 Å². The van der Waals surface area contributed by atoms with Gasteiger partial charge in [0.2, 0.25) is 0 Å². The summed E-state index contributed by atoms with van der Waals surface area (Å²) >= 11 is 9.21. The molecule has 8 heterocycles. The van der Waals surface area contributed by atoms with E-state index in [1.165, 1.54) is 11.1 Å². The molecule has 12 nitrogen and oxygen atoms in total. The van der Waals surface area contributed by atoms with Gasteiger partial charge in [-0.2, -0.15) is 0 Å². The van der Waals surface area contributed by atoms with Gasteiger partial charge in [0.05, 0.1) is 9.26 Å². The van der Waals surface area contributed by atoms with E-state index in [0.29, 0.717) is 17.7 Å². The Balaban J connectivity index is 0.000000151. The van der Waals surface area contributed by atoms with E-state index < -0.39 is 0 Å². The van der Waals surface area contributed by atoms with Crippen molar-refractivity contribution in [3.05, 3.63) is 110 Å². The zero-order valence-electron chi connectivity index (χ0n) is 29.7. The topological polar surface area (TPSA) is 145 Å². The van der Waals surface area contributed by atoms with Crippen molar-refractivity contribution in [1.29, 1.82) is 0 Å². The lowest BCUT2D eigenvalue weighted by atomic mass is 9.80. The van der Waals surface area contributed by atoms with Gasteiger partial charge in [-0.3, -0.25) is 0 Å². The van der Waals surface area contributed by atoms with Crippen molar-refractivity contribution in [2.75, 3.05) is 37.2 Å². The van der Waals surface area contributed by atoms with Crippen molar-refractivity contribution in [2.24, 2.45) is 0 Å². The number of fused-ring (bicyclic) bond motifs is 2. The first kappa shape index (κ1) is 39.6. The fourth-order valence-electron chi connectivity index (χ4n) is 6.78. The fraction of sp³-hybridized carbons (Fsp3) is 0.333. The molecule has 6 aromatic heterocycles. The third-order valence-corrected chi connectivity index (χ3v) is 11.4. The van der Waals surface area contributed by atoms with Gasteiger partial charge in [-0.1, -0.05) is 12.1 Å². The average molecular weight is 956 g/mol. The van der Waals surface area contributed by atoms with Gasteiger partial charge in [0.25, 0.3) is 0 Å². The molecular weight excluding hydrogens is 913 g/mol. The summed E-state index contributed by atoms with van der Waals surface area (Å²) in [6.07, 6.45) is 19.5. The number of nitrogens with one attached hydrogen (secondary N) is 1. The molecule has 17 heteroatoms. The van der Waals surface area contributed by atoms with Crippen LogP contribution in [0.2, 0.25) is 13.6 Å². The second-order valence-electron chi connectivity index (χ2n) is 13.4. The molecule has 0 aromatic carbocycles. The molecule has 2 saturated heterocycles. The molecular formula is C36H43B2Br2IN10O2. The zero-order valence-corrected chi connectivity index (χ0v) is 35.1. The summed E-state index contributed by atoms with van der Waals surface area (Å²) in [5.41, 5.74) is 10.9. The second-order valence-corrected chi connectivity index (χ2v) is 16.4. The summed E-state index contributed by atoms with van der Waals surface area (Å²) in [4.78, 5) is 21.5. The molecule has 0 aliphatic carbocycles. The summed E-state index contributed by atoms with van der Waals surface area (Å²) in [5.74, 6) is 2.45. The zero-order chi connectivity index (χ0) is 37.5. The number of rotatable bonds is 6. The number of imidazole rings is 2. The standard InChI is InChI=1S/C18H21BBrN5O.C11H18BN3O.C7H4BrIN2/c1-19(26)25-7-4-13(5-8-25)14-2-3-17(22-11-14)23-16-10-15(20)12-24-9-6-21-18(16)24;1-12(16)15-6-4-9(5-7-15)10-2-3-11(13)14-8-10;8-5-3-6(9)7-10-1-2-11(7)4-5/h2-3,6,9-13,26H,4-5,7-8H2,1H3,(H,22,23);2-3,8-9,16H,4-7H2,1H3,(H2,13,14);1-4H. The molecule has 5 N–H and O–H groups in total. The highest BCUT2D eigenvalue weighted by atomic mass is 127. The Kier molecular flexibility index (Phi) is 13.8. The number of hydrogen-bond acceptors (Lipinski definition) is 10. The van der Waals surface area contributed by atoms with E-state index in [-0.39, 0.29) is 14.1 Å². The molecule has 2 fully saturated rings. The van der Waals surface area contributed by atoms with Crippen LogP contribution in [0.25, 0.3) is 11.3 Å². The van der Waals surface area contributed by atoms with Crippen LogP contribution in [-0.4, -0.2) is 88.7 Å². The average Bonchev–Trinajstić information content (AvgIpc) is 3.83. The van der Waals surface area contributed by atoms with E-state index in [1.54, 1.807) is 12.4 Å². The number of nitrogens with zero attached hydrogens (tertiary/aromatic N) is 8. The summed E-state index contributed by atoms with van der Waals surface area (Å²) in [5, 5.41) is 22.5. The number of nitrogen functional groups attached to an aromatic ring is 1. The summed E-state index contributed by atoms with van der Waals surface area (Å²) in [7, 11) is -0.684. The van der Waals surface area contributed by atoms with E-state index in [1.807, 2.05) is 83.9 Å². The van der Waals surface area contributed by atoms with Gasteiger partial charge in [0, 0.05) is 58.5 Å². The number of pyridine rings is 4. The summed E-state index contributed by atoms with van der Waals surface area (Å²) < 4.78 is 7.17. The van der Waals surface area contributed by atoms with Crippen LogP contribution >= 0.6 is 54.5 Å². The molecule has 276 valence electrons. The van der Waals surface area contributed by atoms with Gasteiger partial charge in [-0.15, -0.1) is 0 Å². The highest BCUT2D eigenvalue weighted by Gasteiger charge is 2.26. The van der Waals surface area contributed by atoms with Crippen LogP contribution in [0, 0.1) is 3.57 Å². The van der Waals surface area contributed by atoms with Crippen LogP contribution in [0.4, 0.5) is 17.3 Å². The fourth-order valence-corrected chi connectivity index (χ4v) is 8.86. The van der Waals surface area contributed by atoms with E-state index in [9.17, 15) is 10.0 Å². The van der Waals surface area contributed by atoms with Crippen molar-refractivity contribution in [1.82, 2.24) is 38.4 Å². The largest absolute Gasteiger partial charge is 0.437 e. The van der Waals surface area contributed by atoms with Crippen LogP contribution in [0.5, 0.6) is 0 Å². The highest BCUT2D eigenvalue weighted by Crippen LogP contribution is 2.30. The summed E-state index contributed by atoms with van der Waals surface area (Å²) in [6.45, 7) is 7.42. The predicted molar refractivity (Wildman–Crippen MR) is 229 cm³/mol. The maximum absolute atomic E-state index is 9.68. The minimum Gasteiger partial charge on any atom is -0.437 e. The van der Waals surface area contributed by atoms with E-state index in [4.69, 9.17) is 5.73 Å². The quantitative estimate of drug-likeness (QED) is 0.100. The first-order valence-electron chi connectivity index (χ1n) is 17.7. The van der Waals surface area contributed by atoms with Crippen molar-refractivity contribution in [3.8, 4) is 0 Å². The van der Waals surface area contributed by atoms with Gasteiger partial charge in [-0.05, 0) is 167 Å². The van der Waals surface area contributed by atoms with Crippen LogP contribution in [0.3, 0.4) is 0 Å². The Morgan fingerprint density at radius 1 is 0.736 bits per heavy atom. The molecule has 0 spiro atoms. The lowest BCUT2D eigenvalue weighted by molar-refractivity contribution is 0.289. The van der Waals surface area contributed by atoms with Gasteiger partial charge in [0.15, 0.2) is 5.65 Å². The molecule has 0 amide bonds. The summed E-state index contributed by atoms with van der Waals surface area (Å²) in [6, 6.07) is 12.1. The third-order valence-electron chi connectivity index (χ3n) is 9.78. The Labute approximate surface area is 341 Å². The smallest absolute Gasteiger partial charge is 0.376 e. The molecule has 6 aromatic rings. The number of halogens is 3. The lowest BCUT2D eigenvalue weighted by Crippen LogP contribution is -2.42. The molecule has 0 radical (unpaired) electrons. The molecule has 0 unspecified atom stereocenters. The molecule has 0 saturated carbocycles. The molecule has 53 heavy (non-hydrogen) atoms. The van der Waals surface area contributed by atoms with E-state index in [0.717, 1.165) is 87.2 Å². The number of nitrogens with two attached hydrogens (primary N) is 1. The van der Waals surface area contributed by atoms with Crippen LogP contribution in [-0.2, 0) is 0 Å². The van der Waals surface area contributed by atoms with E-state index >= 15 is 0 Å². The van der Waals surface area contributed by atoms with Gasteiger partial charge in [0.1, 0.15) is 17.3 Å². The molecule has 0 atom stereocenters. The number of piperidine rings is 2. The molecule has 0 bridgehead atoms. The maximum Gasteiger partial charge on any atom is 0.376 e. The Bertz CT molecular complexity index is 2070. The maximum atomic E-state index is 9.68. The highest BCUT2D eigenvalue weighted by molar-refractivity contribution is 14.1. The lowest BCUT2D eigenvalue weighted by Gasteiger charge is -2.32. The van der Waals surface area contributed by atoms with Gasteiger partial charge < -0.3 is 39.5 Å².